The van der Waals surface area contributed by atoms with Crippen LogP contribution in [-0.4, -0.2) is 35.8 Å². The van der Waals surface area contributed by atoms with Crippen LogP contribution in [0, 0.1) is 0 Å². The lowest BCUT2D eigenvalue weighted by atomic mass is 9.90. The van der Waals surface area contributed by atoms with Gasteiger partial charge in [0.25, 0.3) is 0 Å². The molecule has 0 fully saturated rings. The van der Waals surface area contributed by atoms with E-state index in [0.29, 0.717) is 22.6 Å². The molecule has 0 bridgehead atoms. The van der Waals surface area contributed by atoms with Gasteiger partial charge in [0.1, 0.15) is 11.5 Å². The predicted octanol–water partition coefficient (Wildman–Crippen LogP) is 5.60. The Bertz CT molecular complexity index is 1340. The summed E-state index contributed by atoms with van der Waals surface area (Å²) in [5.41, 5.74) is 3.99. The van der Waals surface area contributed by atoms with E-state index in [0.717, 1.165) is 16.7 Å². The monoisotopic (exact) mass is 498 g/mol. The Hall–Kier alpha value is -4.26. The Morgan fingerprint density at radius 2 is 1.65 bits per heavy atom. The number of ether oxygens (including phenoxy) is 2. The lowest BCUT2D eigenvalue weighted by Crippen LogP contribution is -2.24. The highest BCUT2D eigenvalue weighted by molar-refractivity contribution is 6.24. The van der Waals surface area contributed by atoms with E-state index in [9.17, 15) is 14.4 Å². The largest absolute Gasteiger partial charge is 0.462 e. The van der Waals surface area contributed by atoms with Crippen LogP contribution in [0.1, 0.15) is 60.7 Å². The third kappa shape index (κ3) is 6.30. The first-order valence-electron chi connectivity index (χ1n) is 12.2. The van der Waals surface area contributed by atoms with Gasteiger partial charge in [0.2, 0.25) is 5.91 Å². The highest BCUT2D eigenvalue weighted by atomic mass is 16.6. The summed E-state index contributed by atoms with van der Waals surface area (Å²) < 4.78 is 10.5. The molecule has 1 aliphatic rings. The van der Waals surface area contributed by atoms with E-state index in [1.807, 2.05) is 75.4 Å². The third-order valence-electron chi connectivity index (χ3n) is 5.69. The number of nitrogens with zero attached hydrogens (tertiary/aromatic N) is 1. The molecule has 1 N–H and O–H groups in total. The van der Waals surface area contributed by atoms with E-state index in [1.165, 1.54) is 0 Å². The number of esters is 2. The van der Waals surface area contributed by atoms with Crippen molar-refractivity contribution in [3.05, 3.63) is 95.1 Å². The average Bonchev–Trinajstić information content (AvgIpc) is 3.17. The second-order valence-corrected chi connectivity index (χ2v) is 9.74. The quantitative estimate of drug-likeness (QED) is 0.338. The van der Waals surface area contributed by atoms with Crippen LogP contribution in [0.2, 0.25) is 0 Å². The first-order valence-corrected chi connectivity index (χ1v) is 12.2. The van der Waals surface area contributed by atoms with Crippen LogP contribution in [0.3, 0.4) is 0 Å². The lowest BCUT2D eigenvalue weighted by molar-refractivity contribution is -0.153. The van der Waals surface area contributed by atoms with Crippen molar-refractivity contribution in [1.29, 1.82) is 0 Å². The van der Waals surface area contributed by atoms with Crippen molar-refractivity contribution in [3.63, 3.8) is 0 Å². The zero-order chi connectivity index (χ0) is 26.6. The zero-order valence-electron chi connectivity index (χ0n) is 21.4. The smallest absolute Gasteiger partial charge is 0.338 e. The number of fused-ring (bicyclic) bond motifs is 1. The highest BCUT2D eigenvalue weighted by Gasteiger charge is 2.36. The summed E-state index contributed by atoms with van der Waals surface area (Å²) in [4.78, 5) is 42.4. The van der Waals surface area contributed by atoms with Gasteiger partial charge in [0.15, 0.2) is 0 Å². The number of aliphatic imine (C=N–C) groups is 1. The fraction of sp³-hybridized carbons (Fsp3) is 0.267. The summed E-state index contributed by atoms with van der Waals surface area (Å²) >= 11 is 0. The molecule has 1 heterocycles. The minimum atomic E-state index is -0.657. The number of hydrogen-bond acceptors (Lipinski definition) is 6. The number of amides is 1. The summed E-state index contributed by atoms with van der Waals surface area (Å²) in [5.74, 6) is -1.61. The molecule has 0 radical (unpaired) electrons. The molecule has 7 nitrogen and oxygen atoms in total. The molecular weight excluding hydrogens is 468 g/mol. The molecule has 1 unspecified atom stereocenters. The van der Waals surface area contributed by atoms with Crippen LogP contribution in [0.4, 0.5) is 11.4 Å². The van der Waals surface area contributed by atoms with Crippen LogP contribution < -0.4 is 5.32 Å². The van der Waals surface area contributed by atoms with Gasteiger partial charge < -0.3 is 14.8 Å². The minimum absolute atomic E-state index is 0.161. The Balaban J connectivity index is 1.66. The maximum Gasteiger partial charge on any atom is 0.338 e. The van der Waals surface area contributed by atoms with E-state index >= 15 is 0 Å². The molecule has 1 atom stereocenters. The van der Waals surface area contributed by atoms with Crippen molar-refractivity contribution < 1.29 is 23.9 Å². The molecule has 1 amide bonds. The molecule has 3 aromatic rings. The van der Waals surface area contributed by atoms with Gasteiger partial charge in [0, 0.05) is 5.69 Å². The van der Waals surface area contributed by atoms with Gasteiger partial charge in [-0.15, -0.1) is 0 Å². The van der Waals surface area contributed by atoms with E-state index in [1.54, 1.807) is 25.1 Å². The van der Waals surface area contributed by atoms with Gasteiger partial charge in [-0.1, -0.05) is 48.5 Å². The van der Waals surface area contributed by atoms with E-state index in [-0.39, 0.29) is 24.9 Å². The third-order valence-corrected chi connectivity index (χ3v) is 5.69. The number of rotatable bonds is 7. The highest BCUT2D eigenvalue weighted by Crippen LogP contribution is 2.37. The van der Waals surface area contributed by atoms with Gasteiger partial charge >= 0.3 is 11.9 Å². The van der Waals surface area contributed by atoms with E-state index in [4.69, 9.17) is 14.5 Å². The van der Waals surface area contributed by atoms with Gasteiger partial charge in [-0.2, -0.15) is 0 Å². The van der Waals surface area contributed by atoms with Crippen molar-refractivity contribution in [3.8, 4) is 0 Å². The van der Waals surface area contributed by atoms with Gasteiger partial charge in [-0.25, -0.2) is 4.79 Å². The standard InChI is InChI=1S/C30H30N2O5/c1-5-36-29(35)21-13-16-23-24(18-21)32-28(34)26(23)27(20-9-7-6-8-10-20)31-22-14-11-19(12-15-22)17-25(33)37-30(2,3)4/h6-16,18,26H,5,17H2,1-4H3,(H,32,34). The molecular formula is C30H30N2O5. The van der Waals surface area contributed by atoms with Gasteiger partial charge in [-0.05, 0) is 68.7 Å². The van der Waals surface area contributed by atoms with Crippen molar-refractivity contribution >= 4 is 34.9 Å². The van der Waals surface area contributed by atoms with Crippen molar-refractivity contribution in [2.24, 2.45) is 4.99 Å². The molecule has 0 spiro atoms. The van der Waals surface area contributed by atoms with Crippen LogP contribution >= 0.6 is 0 Å². The molecule has 3 aromatic carbocycles. The maximum atomic E-state index is 13.2. The Labute approximate surface area is 216 Å². The number of benzene rings is 3. The molecule has 0 aromatic heterocycles. The average molecular weight is 499 g/mol. The molecule has 0 aliphatic carbocycles. The van der Waals surface area contributed by atoms with Gasteiger partial charge in [0.05, 0.1) is 30.0 Å². The topological polar surface area (TPSA) is 94.1 Å². The first-order chi connectivity index (χ1) is 17.6. The fourth-order valence-corrected chi connectivity index (χ4v) is 4.15. The molecule has 7 heteroatoms. The van der Waals surface area contributed by atoms with Crippen molar-refractivity contribution in [2.45, 2.75) is 45.6 Å². The van der Waals surface area contributed by atoms with E-state index in [2.05, 4.69) is 5.32 Å². The fourth-order valence-electron chi connectivity index (χ4n) is 4.15. The summed E-state index contributed by atoms with van der Waals surface area (Å²) in [6, 6.07) is 21.9. The SMILES string of the molecule is CCOC(=O)c1ccc2c(c1)NC(=O)C2C(=Nc1ccc(CC(=O)OC(C)(C)C)cc1)c1ccccc1. The Morgan fingerprint density at radius 1 is 0.946 bits per heavy atom. The Morgan fingerprint density at radius 3 is 2.30 bits per heavy atom. The summed E-state index contributed by atoms with van der Waals surface area (Å²) in [7, 11) is 0. The second-order valence-electron chi connectivity index (χ2n) is 9.74. The molecule has 4 rings (SSSR count). The number of nitrogens with one attached hydrogen (secondary N) is 1. The summed E-state index contributed by atoms with van der Waals surface area (Å²) in [5, 5.41) is 2.89. The number of hydrogen-bond donors (Lipinski definition) is 1. The van der Waals surface area contributed by atoms with Crippen LogP contribution in [-0.2, 0) is 25.5 Å². The zero-order valence-corrected chi connectivity index (χ0v) is 21.4. The van der Waals surface area contributed by atoms with E-state index < -0.39 is 17.5 Å². The lowest BCUT2D eigenvalue weighted by Gasteiger charge is -2.19. The van der Waals surface area contributed by atoms with Crippen LogP contribution in [0.15, 0.2) is 77.8 Å². The molecule has 37 heavy (non-hydrogen) atoms. The van der Waals surface area contributed by atoms with Crippen molar-refractivity contribution in [2.75, 3.05) is 11.9 Å². The number of anilines is 1. The molecule has 0 saturated heterocycles. The number of carbonyl (C=O) groups excluding carboxylic acids is 3. The predicted molar refractivity (Wildman–Crippen MR) is 142 cm³/mol. The Kier molecular flexibility index (Phi) is 7.53. The number of carbonyl (C=O) groups is 3. The normalized spacial score (nSPS) is 15.1. The second kappa shape index (κ2) is 10.8. The molecule has 1 aliphatic heterocycles. The molecule has 0 saturated carbocycles. The summed E-state index contributed by atoms with van der Waals surface area (Å²) in [6.45, 7) is 7.52. The maximum absolute atomic E-state index is 13.2. The summed E-state index contributed by atoms with van der Waals surface area (Å²) in [6.07, 6.45) is 0.161. The van der Waals surface area contributed by atoms with Crippen LogP contribution in [0.25, 0.3) is 0 Å². The van der Waals surface area contributed by atoms with Crippen molar-refractivity contribution in [1.82, 2.24) is 0 Å². The first kappa shape index (κ1) is 25.8. The minimum Gasteiger partial charge on any atom is -0.462 e. The molecule has 190 valence electrons. The van der Waals surface area contributed by atoms with Gasteiger partial charge in [-0.3, -0.25) is 14.6 Å². The van der Waals surface area contributed by atoms with Crippen LogP contribution in [0.5, 0.6) is 0 Å².